The molecular formula is C12H14N2O. The molecule has 3 rings (SSSR count). The maximum atomic E-state index is 11.5. The van der Waals surface area contributed by atoms with E-state index in [2.05, 4.69) is 17.4 Å². The van der Waals surface area contributed by atoms with E-state index >= 15 is 0 Å². The first-order valence-corrected chi connectivity index (χ1v) is 5.34. The third-order valence-electron chi connectivity index (χ3n) is 3.82. The highest BCUT2D eigenvalue weighted by molar-refractivity contribution is 5.82. The topological polar surface area (TPSA) is 55.1 Å². The number of carbonyl (C=O) groups excluding carboxylic acids is 1. The Hall–Kier alpha value is -1.35. The molecule has 3 N–H and O–H groups in total. The van der Waals surface area contributed by atoms with E-state index in [1.54, 1.807) is 0 Å². The molecule has 1 aromatic carbocycles. The van der Waals surface area contributed by atoms with Gasteiger partial charge in [-0.1, -0.05) is 24.3 Å². The van der Waals surface area contributed by atoms with Gasteiger partial charge in [0, 0.05) is 24.4 Å². The Morgan fingerprint density at radius 1 is 1.47 bits per heavy atom. The number of amides is 1. The van der Waals surface area contributed by atoms with E-state index in [9.17, 15) is 4.79 Å². The van der Waals surface area contributed by atoms with Gasteiger partial charge < -0.3 is 11.1 Å². The zero-order valence-corrected chi connectivity index (χ0v) is 8.49. The van der Waals surface area contributed by atoms with Crippen molar-refractivity contribution in [3.05, 3.63) is 35.4 Å². The van der Waals surface area contributed by atoms with Crippen LogP contribution in [0.1, 0.15) is 17.5 Å². The average Bonchev–Trinajstić information content (AvgIpc) is 2.69. The van der Waals surface area contributed by atoms with E-state index in [1.165, 1.54) is 11.1 Å². The van der Waals surface area contributed by atoms with Crippen LogP contribution in [-0.4, -0.2) is 18.5 Å². The summed E-state index contributed by atoms with van der Waals surface area (Å²) in [6, 6.07) is 8.54. The Labute approximate surface area is 88.7 Å². The third kappa shape index (κ3) is 1.01. The fraction of sp³-hybridized carbons (Fsp3) is 0.417. The van der Waals surface area contributed by atoms with Gasteiger partial charge in [-0.05, 0) is 17.5 Å². The van der Waals surface area contributed by atoms with Crippen LogP contribution in [0, 0.1) is 0 Å². The minimum Gasteiger partial charge on any atom is -0.352 e. The van der Waals surface area contributed by atoms with Gasteiger partial charge >= 0.3 is 0 Å². The number of fused-ring (bicyclic) bond motifs is 3. The van der Waals surface area contributed by atoms with Crippen molar-refractivity contribution < 1.29 is 4.79 Å². The molecule has 15 heavy (non-hydrogen) atoms. The van der Waals surface area contributed by atoms with Crippen molar-refractivity contribution in [3.8, 4) is 0 Å². The van der Waals surface area contributed by atoms with Crippen LogP contribution < -0.4 is 11.1 Å². The fourth-order valence-electron chi connectivity index (χ4n) is 3.05. The van der Waals surface area contributed by atoms with E-state index in [-0.39, 0.29) is 17.4 Å². The summed E-state index contributed by atoms with van der Waals surface area (Å²) in [6.07, 6.45) is 1.48. The highest BCUT2D eigenvalue weighted by Gasteiger charge is 2.51. The number of benzene rings is 1. The van der Waals surface area contributed by atoms with E-state index in [0.29, 0.717) is 13.0 Å². The van der Waals surface area contributed by atoms with E-state index in [0.717, 1.165) is 6.42 Å². The SMILES string of the molecule is NCC12CC(=O)NC1Cc1ccccc12. The van der Waals surface area contributed by atoms with Gasteiger partial charge in [0.15, 0.2) is 0 Å². The molecule has 0 bridgehead atoms. The largest absolute Gasteiger partial charge is 0.352 e. The number of nitrogens with two attached hydrogens (primary N) is 1. The number of rotatable bonds is 1. The molecule has 2 atom stereocenters. The van der Waals surface area contributed by atoms with Gasteiger partial charge in [-0.2, -0.15) is 0 Å². The van der Waals surface area contributed by atoms with E-state index < -0.39 is 0 Å². The molecule has 0 spiro atoms. The van der Waals surface area contributed by atoms with Crippen LogP contribution in [0.15, 0.2) is 24.3 Å². The minimum atomic E-state index is -0.131. The van der Waals surface area contributed by atoms with Crippen LogP contribution in [0.5, 0.6) is 0 Å². The maximum Gasteiger partial charge on any atom is 0.221 e. The molecule has 3 heteroatoms. The summed E-state index contributed by atoms with van der Waals surface area (Å²) in [4.78, 5) is 11.5. The van der Waals surface area contributed by atoms with Gasteiger partial charge in [0.05, 0.1) is 0 Å². The molecule has 0 aromatic heterocycles. The van der Waals surface area contributed by atoms with Crippen molar-refractivity contribution in [2.24, 2.45) is 5.73 Å². The predicted octanol–water partition coefficient (Wildman–Crippen LogP) is 0.328. The standard InChI is InChI=1S/C12H14N2O/c13-7-12-6-11(15)14-10(12)5-8-3-1-2-4-9(8)12/h1-4,10H,5-7,13H2,(H,14,15). The molecule has 0 saturated carbocycles. The highest BCUT2D eigenvalue weighted by Crippen LogP contribution is 2.44. The van der Waals surface area contributed by atoms with Crippen LogP contribution in [0.25, 0.3) is 0 Å². The van der Waals surface area contributed by atoms with E-state index in [1.807, 2.05) is 12.1 Å². The lowest BCUT2D eigenvalue weighted by Crippen LogP contribution is -2.42. The second kappa shape index (κ2) is 2.83. The lowest BCUT2D eigenvalue weighted by molar-refractivity contribution is -0.119. The number of hydrogen-bond acceptors (Lipinski definition) is 2. The lowest BCUT2D eigenvalue weighted by Gasteiger charge is -2.26. The quantitative estimate of drug-likeness (QED) is 0.689. The monoisotopic (exact) mass is 202 g/mol. The van der Waals surface area contributed by atoms with Crippen LogP contribution in [0.4, 0.5) is 0 Å². The summed E-state index contributed by atoms with van der Waals surface area (Å²) < 4.78 is 0. The molecule has 3 nitrogen and oxygen atoms in total. The normalized spacial score (nSPS) is 32.3. The molecular weight excluding hydrogens is 188 g/mol. The Kier molecular flexibility index (Phi) is 1.68. The fourth-order valence-corrected chi connectivity index (χ4v) is 3.05. The summed E-state index contributed by atoms with van der Waals surface area (Å²) in [5, 5.41) is 3.04. The first kappa shape index (κ1) is 8.92. The number of nitrogens with one attached hydrogen (secondary N) is 1. The smallest absolute Gasteiger partial charge is 0.221 e. The Morgan fingerprint density at radius 3 is 3.07 bits per heavy atom. The Balaban J connectivity index is 2.16. The summed E-state index contributed by atoms with van der Waals surface area (Å²) in [5.74, 6) is 0.139. The summed E-state index contributed by atoms with van der Waals surface area (Å²) in [7, 11) is 0. The van der Waals surface area contributed by atoms with Crippen molar-refractivity contribution in [2.45, 2.75) is 24.3 Å². The molecule has 1 fully saturated rings. The second-order valence-electron chi connectivity index (χ2n) is 4.52. The van der Waals surface area contributed by atoms with Crippen molar-refractivity contribution >= 4 is 5.91 Å². The zero-order valence-electron chi connectivity index (χ0n) is 8.49. The first-order chi connectivity index (χ1) is 7.26. The van der Waals surface area contributed by atoms with Crippen LogP contribution in [-0.2, 0) is 16.6 Å². The van der Waals surface area contributed by atoms with Crippen LogP contribution >= 0.6 is 0 Å². The Morgan fingerprint density at radius 2 is 2.27 bits per heavy atom. The molecule has 0 radical (unpaired) electrons. The minimum absolute atomic E-state index is 0.131. The molecule has 1 amide bonds. The molecule has 1 saturated heterocycles. The predicted molar refractivity (Wildman–Crippen MR) is 57.4 cm³/mol. The molecule has 2 aliphatic rings. The maximum absolute atomic E-state index is 11.5. The van der Waals surface area contributed by atoms with Gasteiger partial charge in [-0.3, -0.25) is 4.79 Å². The first-order valence-electron chi connectivity index (χ1n) is 5.34. The number of carbonyl (C=O) groups is 1. The molecule has 1 aliphatic carbocycles. The van der Waals surface area contributed by atoms with Gasteiger partial charge in [-0.15, -0.1) is 0 Å². The molecule has 2 unspecified atom stereocenters. The highest BCUT2D eigenvalue weighted by atomic mass is 16.2. The van der Waals surface area contributed by atoms with Gasteiger partial charge in [0.25, 0.3) is 0 Å². The molecule has 1 heterocycles. The lowest BCUT2D eigenvalue weighted by atomic mass is 9.78. The summed E-state index contributed by atoms with van der Waals surface area (Å²) in [6.45, 7) is 0.549. The molecule has 1 aromatic rings. The van der Waals surface area contributed by atoms with Crippen molar-refractivity contribution in [1.29, 1.82) is 0 Å². The second-order valence-corrected chi connectivity index (χ2v) is 4.52. The Bertz CT molecular complexity index is 429. The van der Waals surface area contributed by atoms with Crippen molar-refractivity contribution in [2.75, 3.05) is 6.54 Å². The van der Waals surface area contributed by atoms with Gasteiger partial charge in [-0.25, -0.2) is 0 Å². The summed E-state index contributed by atoms with van der Waals surface area (Å²) >= 11 is 0. The van der Waals surface area contributed by atoms with Crippen LogP contribution in [0.2, 0.25) is 0 Å². The van der Waals surface area contributed by atoms with Crippen LogP contribution in [0.3, 0.4) is 0 Å². The number of hydrogen-bond donors (Lipinski definition) is 2. The van der Waals surface area contributed by atoms with Crippen molar-refractivity contribution in [1.82, 2.24) is 5.32 Å². The third-order valence-corrected chi connectivity index (χ3v) is 3.82. The van der Waals surface area contributed by atoms with E-state index in [4.69, 9.17) is 5.73 Å². The average molecular weight is 202 g/mol. The van der Waals surface area contributed by atoms with Crippen molar-refractivity contribution in [3.63, 3.8) is 0 Å². The summed E-state index contributed by atoms with van der Waals surface area (Å²) in [5.41, 5.74) is 8.38. The van der Waals surface area contributed by atoms with Gasteiger partial charge in [0.1, 0.15) is 0 Å². The van der Waals surface area contributed by atoms with Gasteiger partial charge in [0.2, 0.25) is 5.91 Å². The molecule has 1 aliphatic heterocycles. The molecule has 78 valence electrons. The zero-order chi connectivity index (χ0) is 10.5.